The predicted molar refractivity (Wildman–Crippen MR) is 97.7 cm³/mol. The maximum absolute atomic E-state index is 13.2. The number of rotatable bonds is 5. The summed E-state index contributed by atoms with van der Waals surface area (Å²) in [6, 6.07) is 10.7. The van der Waals surface area contributed by atoms with E-state index in [0.717, 1.165) is 0 Å². The van der Waals surface area contributed by atoms with Crippen LogP contribution < -0.4 is 0 Å². The lowest BCUT2D eigenvalue weighted by molar-refractivity contribution is -0.142. The summed E-state index contributed by atoms with van der Waals surface area (Å²) in [4.78, 5) is 16.3. The Morgan fingerprint density at radius 1 is 1.12 bits per heavy atom. The smallest absolute Gasteiger partial charge is 0.312 e. The number of ether oxygens (including phenoxy) is 1. The highest BCUT2D eigenvalue weighted by Gasteiger charge is 2.20. The van der Waals surface area contributed by atoms with E-state index in [1.807, 2.05) is 0 Å². The van der Waals surface area contributed by atoms with Crippen molar-refractivity contribution < 1.29 is 18.3 Å². The molecule has 2 aromatic carbocycles. The van der Waals surface area contributed by atoms with Crippen LogP contribution in [0.1, 0.15) is 12.6 Å². The lowest BCUT2D eigenvalue weighted by Gasteiger charge is -2.03. The summed E-state index contributed by atoms with van der Waals surface area (Å²) in [5.41, 5.74) is 1.61. The van der Waals surface area contributed by atoms with E-state index in [1.165, 1.54) is 12.1 Å². The molecule has 134 valence electrons. The summed E-state index contributed by atoms with van der Waals surface area (Å²) in [5.74, 6) is -0.133. The van der Waals surface area contributed by atoms with Gasteiger partial charge in [0.2, 0.25) is 5.89 Å². The molecule has 0 fully saturated rings. The molecule has 0 saturated carbocycles. The SMILES string of the molecule is CCOC(=O)Cc1nc(-c2ccc(F)cc2)oc1-c1ccc(Cl)c(Cl)c1. The maximum Gasteiger partial charge on any atom is 0.312 e. The normalized spacial score (nSPS) is 10.8. The zero-order valence-electron chi connectivity index (χ0n) is 13.8. The van der Waals surface area contributed by atoms with E-state index in [1.54, 1.807) is 37.3 Å². The average molecular weight is 394 g/mol. The number of oxazole rings is 1. The van der Waals surface area contributed by atoms with Crippen LogP contribution in [0.3, 0.4) is 0 Å². The van der Waals surface area contributed by atoms with Gasteiger partial charge in [0.15, 0.2) is 5.76 Å². The minimum absolute atomic E-state index is 0.0614. The lowest BCUT2D eigenvalue weighted by atomic mass is 10.1. The number of nitrogens with zero attached hydrogens (tertiary/aromatic N) is 1. The highest BCUT2D eigenvalue weighted by molar-refractivity contribution is 6.42. The van der Waals surface area contributed by atoms with Crippen LogP contribution in [-0.4, -0.2) is 17.6 Å². The molecule has 3 rings (SSSR count). The van der Waals surface area contributed by atoms with E-state index in [4.69, 9.17) is 32.4 Å². The first-order chi connectivity index (χ1) is 12.5. The molecule has 4 nitrogen and oxygen atoms in total. The number of benzene rings is 2. The van der Waals surface area contributed by atoms with Gasteiger partial charge in [-0.3, -0.25) is 4.79 Å². The highest BCUT2D eigenvalue weighted by Crippen LogP contribution is 2.34. The Bertz CT molecular complexity index is 938. The van der Waals surface area contributed by atoms with Crippen LogP contribution in [0.2, 0.25) is 10.0 Å². The Labute approximate surface area is 159 Å². The lowest BCUT2D eigenvalue weighted by Crippen LogP contribution is -2.08. The summed E-state index contributed by atoms with van der Waals surface area (Å²) in [5, 5.41) is 0.756. The van der Waals surface area contributed by atoms with Gasteiger partial charge in [0.1, 0.15) is 5.82 Å². The fourth-order valence-electron chi connectivity index (χ4n) is 2.40. The van der Waals surface area contributed by atoms with Gasteiger partial charge in [0, 0.05) is 11.1 Å². The Kier molecular flexibility index (Phi) is 5.59. The molecule has 0 spiro atoms. The van der Waals surface area contributed by atoms with Crippen molar-refractivity contribution in [1.82, 2.24) is 4.98 Å². The van der Waals surface area contributed by atoms with Gasteiger partial charge in [0.05, 0.1) is 28.8 Å². The third-order valence-corrected chi connectivity index (χ3v) is 4.33. The zero-order chi connectivity index (χ0) is 18.7. The first-order valence-corrected chi connectivity index (χ1v) is 8.60. The Balaban J connectivity index is 2.06. The second-order valence-electron chi connectivity index (χ2n) is 5.41. The number of esters is 1. The third kappa shape index (κ3) is 4.06. The van der Waals surface area contributed by atoms with Crippen molar-refractivity contribution in [2.45, 2.75) is 13.3 Å². The quantitative estimate of drug-likeness (QED) is 0.532. The summed E-state index contributed by atoms with van der Waals surface area (Å²) in [6.07, 6.45) is -0.0614. The highest BCUT2D eigenvalue weighted by atomic mass is 35.5. The van der Waals surface area contributed by atoms with Crippen LogP contribution in [0.25, 0.3) is 22.8 Å². The summed E-state index contributed by atoms with van der Waals surface area (Å²) < 4.78 is 24.0. The topological polar surface area (TPSA) is 52.3 Å². The number of carbonyl (C=O) groups is 1. The Morgan fingerprint density at radius 2 is 1.81 bits per heavy atom. The van der Waals surface area contributed by atoms with Crippen LogP contribution in [-0.2, 0) is 16.0 Å². The van der Waals surface area contributed by atoms with Gasteiger partial charge in [-0.25, -0.2) is 9.37 Å². The van der Waals surface area contributed by atoms with Crippen molar-refractivity contribution in [3.63, 3.8) is 0 Å². The minimum Gasteiger partial charge on any atom is -0.466 e. The van der Waals surface area contributed by atoms with Crippen LogP contribution in [0.5, 0.6) is 0 Å². The molecule has 0 aliphatic rings. The molecule has 0 saturated heterocycles. The van der Waals surface area contributed by atoms with Gasteiger partial charge in [-0.05, 0) is 49.4 Å². The molecule has 0 N–H and O–H groups in total. The Hall–Kier alpha value is -2.37. The van der Waals surface area contributed by atoms with Crippen LogP contribution >= 0.6 is 23.2 Å². The molecule has 0 unspecified atom stereocenters. The molecular formula is C19H14Cl2FNO3. The number of halogens is 3. The number of aromatic nitrogens is 1. The largest absolute Gasteiger partial charge is 0.466 e. The molecule has 0 amide bonds. The van der Waals surface area contributed by atoms with E-state index < -0.39 is 5.97 Å². The summed E-state index contributed by atoms with van der Waals surface area (Å²) in [6.45, 7) is 1.99. The number of hydrogen-bond acceptors (Lipinski definition) is 4. The zero-order valence-corrected chi connectivity index (χ0v) is 15.3. The van der Waals surface area contributed by atoms with Crippen LogP contribution in [0, 0.1) is 5.82 Å². The molecule has 0 radical (unpaired) electrons. The molecule has 0 atom stereocenters. The number of carbonyl (C=O) groups excluding carboxylic acids is 1. The van der Waals surface area contributed by atoms with Crippen LogP contribution in [0.4, 0.5) is 4.39 Å². The molecule has 0 aliphatic heterocycles. The predicted octanol–water partition coefficient (Wildman–Crippen LogP) is 5.56. The third-order valence-electron chi connectivity index (χ3n) is 3.59. The Morgan fingerprint density at radius 3 is 2.46 bits per heavy atom. The molecule has 0 bridgehead atoms. The molecule has 1 aromatic heterocycles. The monoisotopic (exact) mass is 393 g/mol. The summed E-state index contributed by atoms with van der Waals surface area (Å²) >= 11 is 12.0. The van der Waals surface area contributed by atoms with Gasteiger partial charge in [-0.2, -0.15) is 0 Å². The molecule has 1 heterocycles. The standard InChI is InChI=1S/C19H14Cl2FNO3/c1-2-25-17(24)10-16-18(12-5-8-14(20)15(21)9-12)26-19(23-16)11-3-6-13(22)7-4-11/h3-9H,2,10H2,1H3. The molecule has 0 aliphatic carbocycles. The second-order valence-corrected chi connectivity index (χ2v) is 6.23. The van der Waals surface area contributed by atoms with E-state index in [0.29, 0.717) is 32.6 Å². The van der Waals surface area contributed by atoms with Crippen molar-refractivity contribution in [1.29, 1.82) is 0 Å². The second kappa shape index (κ2) is 7.89. The van der Waals surface area contributed by atoms with E-state index in [-0.39, 0.29) is 24.7 Å². The van der Waals surface area contributed by atoms with Gasteiger partial charge >= 0.3 is 5.97 Å². The first kappa shape index (κ1) is 18.4. The molecule has 7 heteroatoms. The first-order valence-electron chi connectivity index (χ1n) is 7.84. The van der Waals surface area contributed by atoms with Gasteiger partial charge < -0.3 is 9.15 Å². The van der Waals surface area contributed by atoms with Crippen molar-refractivity contribution >= 4 is 29.2 Å². The van der Waals surface area contributed by atoms with E-state index >= 15 is 0 Å². The molecular weight excluding hydrogens is 380 g/mol. The van der Waals surface area contributed by atoms with Crippen LogP contribution in [0.15, 0.2) is 46.9 Å². The van der Waals surface area contributed by atoms with E-state index in [2.05, 4.69) is 4.98 Å². The minimum atomic E-state index is -0.423. The molecule has 3 aromatic rings. The maximum atomic E-state index is 13.2. The molecule has 26 heavy (non-hydrogen) atoms. The van der Waals surface area contributed by atoms with Crippen molar-refractivity contribution in [2.24, 2.45) is 0 Å². The number of hydrogen-bond donors (Lipinski definition) is 0. The van der Waals surface area contributed by atoms with Gasteiger partial charge in [-0.1, -0.05) is 23.2 Å². The van der Waals surface area contributed by atoms with Gasteiger partial charge in [0.25, 0.3) is 0 Å². The van der Waals surface area contributed by atoms with Crippen molar-refractivity contribution in [3.8, 4) is 22.8 Å². The average Bonchev–Trinajstić information content (AvgIpc) is 3.02. The fourth-order valence-corrected chi connectivity index (χ4v) is 2.70. The summed E-state index contributed by atoms with van der Waals surface area (Å²) in [7, 11) is 0. The van der Waals surface area contributed by atoms with Crippen molar-refractivity contribution in [2.75, 3.05) is 6.61 Å². The fraction of sp³-hybridized carbons (Fsp3) is 0.158. The van der Waals surface area contributed by atoms with Gasteiger partial charge in [-0.15, -0.1) is 0 Å². The van der Waals surface area contributed by atoms with Crippen molar-refractivity contribution in [3.05, 3.63) is 64.0 Å². The van der Waals surface area contributed by atoms with E-state index in [9.17, 15) is 9.18 Å².